The van der Waals surface area contributed by atoms with Gasteiger partial charge in [0.25, 0.3) is 5.91 Å². The molecule has 1 fully saturated rings. The number of amides is 1. The number of nitrogens with zero attached hydrogens (tertiary/aromatic N) is 2. The lowest BCUT2D eigenvalue weighted by Crippen LogP contribution is -2.35. The van der Waals surface area contributed by atoms with Gasteiger partial charge in [-0.05, 0) is 29.1 Å². The van der Waals surface area contributed by atoms with Crippen LogP contribution in [0.5, 0.6) is 0 Å². The summed E-state index contributed by atoms with van der Waals surface area (Å²) in [7, 11) is 0. The van der Waals surface area contributed by atoms with Crippen LogP contribution in [-0.4, -0.2) is 22.3 Å². The van der Waals surface area contributed by atoms with E-state index in [4.69, 9.17) is 5.73 Å². The molecule has 1 aromatic heterocycles. The summed E-state index contributed by atoms with van der Waals surface area (Å²) < 4.78 is 4.39. The van der Waals surface area contributed by atoms with Crippen molar-refractivity contribution < 1.29 is 9.42 Å². The number of nitrogens with two attached hydrogens (primary N) is 1. The van der Waals surface area contributed by atoms with Crippen LogP contribution in [-0.2, 0) is 0 Å². The van der Waals surface area contributed by atoms with Crippen LogP contribution in [0, 0.1) is 5.92 Å². The van der Waals surface area contributed by atoms with E-state index < -0.39 is 0 Å². The largest absolute Gasteiger partial charge is 0.379 e. The van der Waals surface area contributed by atoms with E-state index in [1.54, 1.807) is 0 Å². The summed E-state index contributed by atoms with van der Waals surface area (Å²) in [5.41, 5.74) is 5.52. The zero-order valence-corrected chi connectivity index (χ0v) is 9.27. The Morgan fingerprint density at radius 1 is 1.62 bits per heavy atom. The molecule has 0 bridgehead atoms. The Morgan fingerprint density at radius 2 is 2.38 bits per heavy atom. The molecule has 1 aliphatic rings. The molecule has 1 aliphatic carbocycles. The van der Waals surface area contributed by atoms with Crippen LogP contribution in [0.4, 0.5) is 5.82 Å². The lowest BCUT2D eigenvalue weighted by atomic mass is 10.1. The molecule has 1 heterocycles. The van der Waals surface area contributed by atoms with E-state index in [1.807, 2.05) is 0 Å². The summed E-state index contributed by atoms with van der Waals surface area (Å²) in [6.45, 7) is 2.05. The highest BCUT2D eigenvalue weighted by atomic mass is 16.6. The second-order valence-corrected chi connectivity index (χ2v) is 4.26. The molecule has 1 saturated carbocycles. The highest BCUT2D eigenvalue weighted by molar-refractivity contribution is 5.96. The molecule has 0 spiro atoms. The van der Waals surface area contributed by atoms with E-state index in [2.05, 4.69) is 27.2 Å². The lowest BCUT2D eigenvalue weighted by molar-refractivity contribution is 0.0923. The first kappa shape index (κ1) is 10.9. The van der Waals surface area contributed by atoms with Crippen molar-refractivity contribution in [3.8, 4) is 0 Å². The number of hydrogen-bond donors (Lipinski definition) is 2. The first-order valence-corrected chi connectivity index (χ1v) is 5.59. The van der Waals surface area contributed by atoms with Gasteiger partial charge in [-0.15, -0.1) is 0 Å². The lowest BCUT2D eigenvalue weighted by Gasteiger charge is -2.15. The molecule has 0 radical (unpaired) electrons. The number of nitrogens with one attached hydrogen (secondary N) is 1. The van der Waals surface area contributed by atoms with Gasteiger partial charge in [0.1, 0.15) is 0 Å². The van der Waals surface area contributed by atoms with Gasteiger partial charge >= 0.3 is 0 Å². The molecule has 16 heavy (non-hydrogen) atoms. The Kier molecular flexibility index (Phi) is 3.07. The van der Waals surface area contributed by atoms with Gasteiger partial charge in [-0.1, -0.05) is 19.8 Å². The molecule has 1 atom stereocenters. The highest BCUT2D eigenvalue weighted by Crippen LogP contribution is 2.34. The van der Waals surface area contributed by atoms with Crippen molar-refractivity contribution in [2.24, 2.45) is 5.92 Å². The molecule has 6 nitrogen and oxygen atoms in total. The maximum absolute atomic E-state index is 11.7. The molecule has 3 N–H and O–H groups in total. The second-order valence-electron chi connectivity index (χ2n) is 4.26. The standard InChI is InChI=1S/C10H16N4O2/c1-2-7(5-6-3-4-6)12-10(15)8-9(11)14-16-13-8/h6-7H,2-5H2,1H3,(H2,11,14)(H,12,15). The Hall–Kier alpha value is -1.59. The van der Waals surface area contributed by atoms with E-state index in [0.29, 0.717) is 0 Å². The predicted octanol–water partition coefficient (Wildman–Crippen LogP) is 0.960. The van der Waals surface area contributed by atoms with Crippen LogP contribution in [0.25, 0.3) is 0 Å². The fourth-order valence-electron chi connectivity index (χ4n) is 1.69. The Balaban J connectivity index is 1.91. The zero-order valence-electron chi connectivity index (χ0n) is 9.27. The minimum atomic E-state index is -0.300. The summed E-state index contributed by atoms with van der Waals surface area (Å²) in [6, 6.07) is 0.191. The molecule has 0 aromatic carbocycles. The molecule has 2 rings (SSSR count). The zero-order chi connectivity index (χ0) is 11.5. The Bertz CT molecular complexity index is 373. The number of hydrogen-bond acceptors (Lipinski definition) is 5. The predicted molar refractivity (Wildman–Crippen MR) is 57.6 cm³/mol. The molecule has 0 saturated heterocycles. The van der Waals surface area contributed by atoms with E-state index in [-0.39, 0.29) is 23.5 Å². The minimum absolute atomic E-state index is 0.0405. The Labute approximate surface area is 93.5 Å². The van der Waals surface area contributed by atoms with Crippen molar-refractivity contribution in [1.82, 2.24) is 15.6 Å². The van der Waals surface area contributed by atoms with Crippen molar-refractivity contribution in [3.05, 3.63) is 5.69 Å². The average molecular weight is 224 g/mol. The van der Waals surface area contributed by atoms with E-state index in [1.165, 1.54) is 12.8 Å². The smallest absolute Gasteiger partial charge is 0.277 e. The number of anilines is 1. The van der Waals surface area contributed by atoms with Crippen molar-refractivity contribution in [3.63, 3.8) is 0 Å². The summed E-state index contributed by atoms with van der Waals surface area (Å²) >= 11 is 0. The fraction of sp³-hybridized carbons (Fsp3) is 0.700. The fourth-order valence-corrected chi connectivity index (χ4v) is 1.69. The number of aromatic nitrogens is 2. The van der Waals surface area contributed by atoms with Crippen molar-refractivity contribution in [2.75, 3.05) is 5.73 Å². The molecule has 1 unspecified atom stereocenters. The van der Waals surface area contributed by atoms with E-state index in [0.717, 1.165) is 18.8 Å². The van der Waals surface area contributed by atoms with Crippen LogP contribution in [0.2, 0.25) is 0 Å². The van der Waals surface area contributed by atoms with E-state index in [9.17, 15) is 4.79 Å². The topological polar surface area (TPSA) is 94.0 Å². The molecule has 6 heteroatoms. The molecule has 1 aromatic rings. The van der Waals surface area contributed by atoms with Gasteiger partial charge in [0.05, 0.1) is 0 Å². The Morgan fingerprint density at radius 3 is 2.88 bits per heavy atom. The van der Waals surface area contributed by atoms with Crippen molar-refractivity contribution in [1.29, 1.82) is 0 Å². The van der Waals surface area contributed by atoms with Crippen molar-refractivity contribution >= 4 is 11.7 Å². The highest BCUT2D eigenvalue weighted by Gasteiger charge is 2.26. The summed E-state index contributed by atoms with van der Waals surface area (Å²) in [4.78, 5) is 11.7. The molecular formula is C10H16N4O2. The first-order valence-electron chi connectivity index (χ1n) is 5.59. The number of carbonyl (C=O) groups excluding carboxylic acids is 1. The van der Waals surface area contributed by atoms with Crippen LogP contribution < -0.4 is 11.1 Å². The van der Waals surface area contributed by atoms with Crippen LogP contribution >= 0.6 is 0 Å². The molecular weight excluding hydrogens is 208 g/mol. The maximum atomic E-state index is 11.7. The summed E-state index contributed by atoms with van der Waals surface area (Å²) in [5, 5.41) is 9.75. The summed E-state index contributed by atoms with van der Waals surface area (Å²) in [6.07, 6.45) is 4.50. The SMILES string of the molecule is CCC(CC1CC1)NC(=O)c1nonc1N. The average Bonchev–Trinajstić information content (AvgIpc) is 2.97. The normalized spacial score (nSPS) is 17.1. The van der Waals surface area contributed by atoms with Crippen LogP contribution in [0.1, 0.15) is 43.1 Å². The molecule has 0 aliphatic heterocycles. The van der Waals surface area contributed by atoms with Crippen LogP contribution in [0.3, 0.4) is 0 Å². The monoisotopic (exact) mass is 224 g/mol. The maximum Gasteiger partial charge on any atom is 0.277 e. The second kappa shape index (κ2) is 4.51. The number of rotatable bonds is 5. The van der Waals surface area contributed by atoms with Crippen LogP contribution in [0.15, 0.2) is 4.63 Å². The van der Waals surface area contributed by atoms with Gasteiger partial charge in [0.15, 0.2) is 0 Å². The third kappa shape index (κ3) is 2.50. The third-order valence-corrected chi connectivity index (χ3v) is 2.87. The van der Waals surface area contributed by atoms with Crippen molar-refractivity contribution in [2.45, 2.75) is 38.6 Å². The van der Waals surface area contributed by atoms with Gasteiger partial charge in [0, 0.05) is 6.04 Å². The minimum Gasteiger partial charge on any atom is -0.379 e. The van der Waals surface area contributed by atoms with Gasteiger partial charge < -0.3 is 11.1 Å². The molecule has 1 amide bonds. The van der Waals surface area contributed by atoms with Gasteiger partial charge in [0.2, 0.25) is 11.5 Å². The third-order valence-electron chi connectivity index (χ3n) is 2.87. The van der Waals surface area contributed by atoms with Gasteiger partial charge in [-0.2, -0.15) is 0 Å². The summed E-state index contributed by atoms with van der Waals surface area (Å²) in [5.74, 6) is 0.517. The van der Waals surface area contributed by atoms with E-state index >= 15 is 0 Å². The van der Waals surface area contributed by atoms with Gasteiger partial charge in [-0.25, -0.2) is 4.63 Å². The first-order chi connectivity index (χ1) is 7.70. The molecule has 88 valence electrons. The quantitative estimate of drug-likeness (QED) is 0.776. The number of carbonyl (C=O) groups is 1. The van der Waals surface area contributed by atoms with Gasteiger partial charge in [-0.3, -0.25) is 4.79 Å². The number of nitrogen functional groups attached to an aromatic ring is 1.